The Kier molecular flexibility index (Phi) is 6.73. The molecule has 2 bridgehead atoms. The number of fused-ring (bicyclic) bond motifs is 4. The Morgan fingerprint density at radius 1 is 1.03 bits per heavy atom. The summed E-state index contributed by atoms with van der Waals surface area (Å²) >= 11 is 0. The number of sulfonamides is 1. The van der Waals surface area contributed by atoms with E-state index in [1.807, 2.05) is 30.0 Å². The molecule has 7 nitrogen and oxygen atoms in total. The van der Waals surface area contributed by atoms with Crippen LogP contribution in [0.2, 0.25) is 0 Å². The molecule has 4 aliphatic heterocycles. The van der Waals surface area contributed by atoms with Crippen LogP contribution in [0.3, 0.4) is 0 Å². The highest BCUT2D eigenvalue weighted by Gasteiger charge is 2.49. The smallest absolute Gasteiger partial charge is 0.410 e. The molecule has 1 amide bonds. The summed E-state index contributed by atoms with van der Waals surface area (Å²) in [6, 6.07) is 14.4. The van der Waals surface area contributed by atoms with Gasteiger partial charge in [-0.2, -0.15) is 4.31 Å². The summed E-state index contributed by atoms with van der Waals surface area (Å²) in [5.41, 5.74) is 2.02. The molecule has 0 radical (unpaired) electrons. The molecule has 1 spiro atoms. The van der Waals surface area contributed by atoms with Crippen molar-refractivity contribution in [2.24, 2.45) is 0 Å². The van der Waals surface area contributed by atoms with Gasteiger partial charge in [0.15, 0.2) is 0 Å². The molecule has 0 aliphatic carbocycles. The van der Waals surface area contributed by atoms with Crippen molar-refractivity contribution in [2.45, 2.75) is 80.4 Å². The zero-order valence-corrected chi connectivity index (χ0v) is 22.7. The molecular formula is C29H36FN3O4S. The standard InChI is InChI=1S/C29H36FN3O4S/c1-2-37-28(34)33-23-10-11-24(33)18-25(17-23)31-14-12-29(13-15-31)20-32(19-21-6-3-4-9-27(21)29)38(35,36)26-8-5-7-22(30)16-26/h3-9,16,23-25H,2,10-15,17-20H2,1H3. The second kappa shape index (κ2) is 9.92. The number of amides is 1. The quantitative estimate of drug-likeness (QED) is 0.570. The van der Waals surface area contributed by atoms with E-state index >= 15 is 0 Å². The fourth-order valence-electron chi connectivity index (χ4n) is 7.48. The summed E-state index contributed by atoms with van der Waals surface area (Å²) in [5, 5.41) is 0. The molecule has 0 aromatic heterocycles. The van der Waals surface area contributed by atoms with E-state index in [1.165, 1.54) is 23.8 Å². The minimum Gasteiger partial charge on any atom is -0.450 e. The maximum atomic E-state index is 13.9. The molecule has 2 unspecified atom stereocenters. The van der Waals surface area contributed by atoms with E-state index in [0.717, 1.165) is 63.2 Å². The Balaban J connectivity index is 1.20. The Bertz CT molecular complexity index is 1300. The van der Waals surface area contributed by atoms with Crippen molar-refractivity contribution < 1.29 is 22.3 Å². The number of hydrogen-bond donors (Lipinski definition) is 0. The van der Waals surface area contributed by atoms with Crippen LogP contribution in [0, 0.1) is 5.82 Å². The lowest BCUT2D eigenvalue weighted by Crippen LogP contribution is -2.57. The van der Waals surface area contributed by atoms with E-state index in [0.29, 0.717) is 25.7 Å². The lowest BCUT2D eigenvalue weighted by Gasteiger charge is -2.51. The third-order valence-corrected chi connectivity index (χ3v) is 11.1. The monoisotopic (exact) mass is 541 g/mol. The molecule has 2 aromatic carbocycles. The van der Waals surface area contributed by atoms with Crippen LogP contribution in [-0.2, 0) is 26.7 Å². The highest BCUT2D eigenvalue weighted by molar-refractivity contribution is 7.89. The van der Waals surface area contributed by atoms with Gasteiger partial charge in [-0.15, -0.1) is 0 Å². The van der Waals surface area contributed by atoms with Gasteiger partial charge in [-0.05, 0) is 87.9 Å². The third kappa shape index (κ3) is 4.42. The van der Waals surface area contributed by atoms with Crippen LogP contribution in [0.5, 0.6) is 0 Å². The van der Waals surface area contributed by atoms with Crippen LogP contribution >= 0.6 is 0 Å². The van der Waals surface area contributed by atoms with Gasteiger partial charge in [0.25, 0.3) is 0 Å². The molecule has 6 rings (SSSR count). The lowest BCUT2D eigenvalue weighted by atomic mass is 9.69. The third-order valence-electron chi connectivity index (χ3n) is 9.31. The Morgan fingerprint density at radius 3 is 2.42 bits per heavy atom. The summed E-state index contributed by atoms with van der Waals surface area (Å²) < 4.78 is 48.0. The van der Waals surface area contributed by atoms with E-state index in [-0.39, 0.29) is 28.5 Å². The maximum Gasteiger partial charge on any atom is 0.410 e. The van der Waals surface area contributed by atoms with Crippen molar-refractivity contribution in [3.63, 3.8) is 0 Å². The molecule has 3 saturated heterocycles. The van der Waals surface area contributed by atoms with Crippen LogP contribution in [0.25, 0.3) is 0 Å². The minimum atomic E-state index is -3.83. The van der Waals surface area contributed by atoms with Crippen LogP contribution in [0.4, 0.5) is 9.18 Å². The Hall–Kier alpha value is -2.49. The van der Waals surface area contributed by atoms with Crippen LogP contribution in [-0.4, -0.2) is 73.0 Å². The SMILES string of the molecule is CCOC(=O)N1C2CCC1CC(N1CCC3(CC1)CN(S(=O)(=O)c1cccc(F)c1)Cc1ccccc13)C2. The first-order valence-electron chi connectivity index (χ1n) is 13.8. The number of nitrogens with zero attached hydrogens (tertiary/aromatic N) is 3. The van der Waals surface area contributed by atoms with Gasteiger partial charge in [-0.25, -0.2) is 17.6 Å². The number of carbonyl (C=O) groups is 1. The predicted molar refractivity (Wildman–Crippen MR) is 142 cm³/mol. The van der Waals surface area contributed by atoms with E-state index < -0.39 is 15.8 Å². The van der Waals surface area contributed by atoms with Gasteiger partial charge in [-0.1, -0.05) is 30.3 Å². The average Bonchev–Trinajstić information content (AvgIpc) is 3.18. The number of piperidine rings is 2. The highest BCUT2D eigenvalue weighted by atomic mass is 32.2. The number of likely N-dealkylation sites (tertiary alicyclic amines) is 1. The summed E-state index contributed by atoms with van der Waals surface area (Å²) in [6.07, 6.45) is 5.59. The zero-order valence-electron chi connectivity index (χ0n) is 21.9. The molecule has 38 heavy (non-hydrogen) atoms. The molecule has 204 valence electrons. The largest absolute Gasteiger partial charge is 0.450 e. The van der Waals surface area contributed by atoms with Crippen molar-refractivity contribution in [3.8, 4) is 0 Å². The van der Waals surface area contributed by atoms with Crippen molar-refractivity contribution in [1.29, 1.82) is 0 Å². The summed E-state index contributed by atoms with van der Waals surface area (Å²) in [6.45, 7) is 4.75. The summed E-state index contributed by atoms with van der Waals surface area (Å²) in [5.74, 6) is -0.547. The number of carbonyl (C=O) groups excluding carboxylic acids is 1. The number of halogens is 1. The zero-order chi connectivity index (χ0) is 26.5. The number of rotatable bonds is 4. The van der Waals surface area contributed by atoms with Crippen molar-refractivity contribution in [1.82, 2.24) is 14.1 Å². The molecule has 0 saturated carbocycles. The second-order valence-corrected chi connectivity index (χ2v) is 13.3. The molecule has 4 heterocycles. The molecule has 2 aromatic rings. The van der Waals surface area contributed by atoms with Gasteiger partial charge >= 0.3 is 6.09 Å². The first-order valence-corrected chi connectivity index (χ1v) is 15.3. The summed E-state index contributed by atoms with van der Waals surface area (Å²) in [4.78, 5) is 17.1. The Labute approximate surface area is 224 Å². The second-order valence-electron chi connectivity index (χ2n) is 11.3. The van der Waals surface area contributed by atoms with E-state index in [1.54, 1.807) is 4.31 Å². The fourth-order valence-corrected chi connectivity index (χ4v) is 9.01. The predicted octanol–water partition coefficient (Wildman–Crippen LogP) is 4.52. The maximum absolute atomic E-state index is 13.9. The van der Waals surface area contributed by atoms with Gasteiger partial charge < -0.3 is 14.5 Å². The molecular weight excluding hydrogens is 505 g/mol. The molecule has 9 heteroatoms. The van der Waals surface area contributed by atoms with Crippen molar-refractivity contribution in [2.75, 3.05) is 26.2 Å². The minimum absolute atomic E-state index is 0.00769. The van der Waals surface area contributed by atoms with Crippen molar-refractivity contribution in [3.05, 3.63) is 65.5 Å². The normalized spacial score (nSPS) is 27.3. The van der Waals surface area contributed by atoms with Gasteiger partial charge in [0.2, 0.25) is 10.0 Å². The van der Waals surface area contributed by atoms with E-state index in [2.05, 4.69) is 11.0 Å². The topological polar surface area (TPSA) is 70.2 Å². The molecule has 4 aliphatic rings. The van der Waals surface area contributed by atoms with E-state index in [9.17, 15) is 17.6 Å². The number of benzene rings is 2. The average molecular weight is 542 g/mol. The highest BCUT2D eigenvalue weighted by Crippen LogP contribution is 2.45. The van der Waals surface area contributed by atoms with E-state index in [4.69, 9.17) is 4.74 Å². The first-order chi connectivity index (χ1) is 18.3. The fraction of sp³-hybridized carbons (Fsp3) is 0.552. The van der Waals surface area contributed by atoms with Crippen LogP contribution < -0.4 is 0 Å². The van der Waals surface area contributed by atoms with Gasteiger partial charge in [0, 0.05) is 36.6 Å². The van der Waals surface area contributed by atoms with Crippen molar-refractivity contribution >= 4 is 16.1 Å². The molecule has 0 N–H and O–H groups in total. The van der Waals surface area contributed by atoms with Gasteiger partial charge in [0.05, 0.1) is 11.5 Å². The summed E-state index contributed by atoms with van der Waals surface area (Å²) in [7, 11) is -3.83. The Morgan fingerprint density at radius 2 is 1.74 bits per heavy atom. The van der Waals surface area contributed by atoms with Gasteiger partial charge in [0.1, 0.15) is 5.82 Å². The first kappa shape index (κ1) is 25.8. The molecule has 2 atom stereocenters. The number of hydrogen-bond acceptors (Lipinski definition) is 5. The van der Waals surface area contributed by atoms with Gasteiger partial charge in [-0.3, -0.25) is 0 Å². The van der Waals surface area contributed by atoms with Crippen LogP contribution in [0.15, 0.2) is 53.4 Å². The lowest BCUT2D eigenvalue weighted by molar-refractivity contribution is 0.0237. The number of ether oxygens (including phenoxy) is 1. The van der Waals surface area contributed by atoms with Crippen LogP contribution in [0.1, 0.15) is 56.6 Å². The molecule has 3 fully saturated rings.